The lowest BCUT2D eigenvalue weighted by atomic mass is 9.94. The zero-order valence-corrected chi connectivity index (χ0v) is 14.6. The van der Waals surface area contributed by atoms with Crippen molar-refractivity contribution in [1.82, 2.24) is 10.2 Å². The van der Waals surface area contributed by atoms with Crippen LogP contribution in [0.3, 0.4) is 0 Å². The van der Waals surface area contributed by atoms with Crippen LogP contribution in [0.1, 0.15) is 59.3 Å². The molecule has 7 nitrogen and oxygen atoms in total. The van der Waals surface area contributed by atoms with E-state index in [-0.39, 0.29) is 36.4 Å². The molecular formula is C17H26N2O5. The van der Waals surface area contributed by atoms with Gasteiger partial charge in [0.1, 0.15) is 5.78 Å². The van der Waals surface area contributed by atoms with Crippen LogP contribution in [-0.2, 0) is 24.0 Å². The summed E-state index contributed by atoms with van der Waals surface area (Å²) in [5.41, 5.74) is 0. The fourth-order valence-corrected chi connectivity index (χ4v) is 2.76. The van der Waals surface area contributed by atoms with Crippen molar-refractivity contribution in [2.45, 2.75) is 59.3 Å². The van der Waals surface area contributed by atoms with Gasteiger partial charge in [-0.2, -0.15) is 0 Å². The van der Waals surface area contributed by atoms with Gasteiger partial charge in [-0.1, -0.05) is 20.3 Å². The third kappa shape index (κ3) is 5.86. The minimum Gasteiger partial charge on any atom is -0.300 e. The van der Waals surface area contributed by atoms with Gasteiger partial charge in [0, 0.05) is 44.6 Å². The zero-order valence-electron chi connectivity index (χ0n) is 14.6. The summed E-state index contributed by atoms with van der Waals surface area (Å²) in [4.78, 5) is 59.4. The highest BCUT2D eigenvalue weighted by molar-refractivity contribution is 6.03. The van der Waals surface area contributed by atoms with Crippen LogP contribution in [0.4, 0.5) is 0 Å². The first kappa shape index (κ1) is 20.0. The van der Waals surface area contributed by atoms with Crippen molar-refractivity contribution in [3.8, 4) is 0 Å². The first-order valence-electron chi connectivity index (χ1n) is 8.43. The van der Waals surface area contributed by atoms with Gasteiger partial charge >= 0.3 is 0 Å². The largest absolute Gasteiger partial charge is 0.300 e. The Labute approximate surface area is 142 Å². The maximum atomic E-state index is 12.0. The van der Waals surface area contributed by atoms with E-state index in [0.717, 1.165) is 0 Å². The van der Waals surface area contributed by atoms with Crippen LogP contribution < -0.4 is 5.32 Å². The molecule has 0 spiro atoms. The van der Waals surface area contributed by atoms with Gasteiger partial charge in [0.25, 0.3) is 0 Å². The molecule has 0 aromatic heterocycles. The Balaban J connectivity index is 2.48. The Hall–Kier alpha value is -2.05. The number of likely N-dealkylation sites (tertiary alicyclic amines) is 1. The van der Waals surface area contributed by atoms with E-state index in [1.54, 1.807) is 13.8 Å². The highest BCUT2D eigenvalue weighted by atomic mass is 16.2. The summed E-state index contributed by atoms with van der Waals surface area (Å²) in [7, 11) is 0. The Morgan fingerprint density at radius 3 is 2.42 bits per heavy atom. The fraction of sp³-hybridized carbons (Fsp3) is 0.706. The Kier molecular flexibility index (Phi) is 7.74. The standard InChI is InChI=1S/C17H26N2O5/c1-4-14(21)10-13(16(23)18-12(3)20)7-5-6-8-19-15(22)9-11(2)17(19)24/h11,13H,4-10H2,1-3H3,(H,18,20,23). The molecule has 7 heteroatoms. The molecule has 0 aliphatic carbocycles. The number of amides is 4. The summed E-state index contributed by atoms with van der Waals surface area (Å²) in [5.74, 6) is -2.02. The second-order valence-electron chi connectivity index (χ2n) is 6.32. The van der Waals surface area contributed by atoms with Crippen molar-refractivity contribution in [3.63, 3.8) is 0 Å². The quantitative estimate of drug-likeness (QED) is 0.503. The highest BCUT2D eigenvalue weighted by Crippen LogP contribution is 2.20. The molecule has 1 rings (SSSR count). The molecule has 24 heavy (non-hydrogen) atoms. The highest BCUT2D eigenvalue weighted by Gasteiger charge is 2.34. The minimum atomic E-state index is -0.551. The van der Waals surface area contributed by atoms with E-state index in [1.807, 2.05) is 0 Å². The van der Waals surface area contributed by atoms with Gasteiger partial charge < -0.3 is 0 Å². The van der Waals surface area contributed by atoms with Gasteiger partial charge in [-0.25, -0.2) is 0 Å². The van der Waals surface area contributed by atoms with E-state index in [2.05, 4.69) is 5.32 Å². The SMILES string of the molecule is CCC(=O)CC(CCCCN1C(=O)CC(C)C1=O)C(=O)NC(C)=O. The maximum absolute atomic E-state index is 12.0. The molecule has 134 valence electrons. The first-order chi connectivity index (χ1) is 11.3. The Morgan fingerprint density at radius 2 is 1.92 bits per heavy atom. The van der Waals surface area contributed by atoms with Crippen LogP contribution in [0, 0.1) is 11.8 Å². The average Bonchev–Trinajstić information content (AvgIpc) is 2.74. The average molecular weight is 338 g/mol. The molecule has 0 saturated carbocycles. The van der Waals surface area contributed by atoms with Gasteiger partial charge in [0.05, 0.1) is 0 Å². The molecule has 1 heterocycles. The maximum Gasteiger partial charge on any atom is 0.232 e. The van der Waals surface area contributed by atoms with Crippen molar-refractivity contribution in [2.75, 3.05) is 6.54 Å². The van der Waals surface area contributed by atoms with Gasteiger partial charge in [-0.3, -0.25) is 34.2 Å². The smallest absolute Gasteiger partial charge is 0.232 e. The third-order valence-corrected chi connectivity index (χ3v) is 4.19. The van der Waals surface area contributed by atoms with E-state index in [0.29, 0.717) is 32.2 Å². The predicted octanol–water partition coefficient (Wildman–Crippen LogP) is 1.20. The van der Waals surface area contributed by atoms with Gasteiger partial charge in [0.15, 0.2) is 0 Å². The van der Waals surface area contributed by atoms with E-state index >= 15 is 0 Å². The lowest BCUT2D eigenvalue weighted by Crippen LogP contribution is -2.35. The van der Waals surface area contributed by atoms with Crippen molar-refractivity contribution in [3.05, 3.63) is 0 Å². The Morgan fingerprint density at radius 1 is 1.25 bits per heavy atom. The number of carbonyl (C=O) groups is 5. The normalized spacial score (nSPS) is 18.6. The molecule has 2 unspecified atom stereocenters. The second kappa shape index (κ2) is 9.30. The van der Waals surface area contributed by atoms with Crippen molar-refractivity contribution < 1.29 is 24.0 Å². The number of rotatable bonds is 9. The minimum absolute atomic E-state index is 0.0302. The van der Waals surface area contributed by atoms with Crippen LogP contribution in [0.5, 0.6) is 0 Å². The van der Waals surface area contributed by atoms with Crippen LogP contribution in [0.25, 0.3) is 0 Å². The fourth-order valence-electron chi connectivity index (χ4n) is 2.76. The summed E-state index contributed by atoms with van der Waals surface area (Å²) >= 11 is 0. The van der Waals surface area contributed by atoms with Crippen molar-refractivity contribution in [1.29, 1.82) is 0 Å². The van der Waals surface area contributed by atoms with Gasteiger partial charge in [-0.05, 0) is 12.8 Å². The summed E-state index contributed by atoms with van der Waals surface area (Å²) in [5, 5.41) is 2.23. The lowest BCUT2D eigenvalue weighted by Gasteiger charge is -2.17. The lowest BCUT2D eigenvalue weighted by molar-refractivity contribution is -0.139. The van der Waals surface area contributed by atoms with E-state index in [9.17, 15) is 24.0 Å². The number of nitrogens with one attached hydrogen (secondary N) is 1. The van der Waals surface area contributed by atoms with Crippen LogP contribution in [-0.4, -0.2) is 40.9 Å². The number of ketones is 1. The topological polar surface area (TPSA) is 101 Å². The van der Waals surface area contributed by atoms with Crippen molar-refractivity contribution >= 4 is 29.4 Å². The molecule has 1 saturated heterocycles. The summed E-state index contributed by atoms with van der Waals surface area (Å²) < 4.78 is 0. The van der Waals surface area contributed by atoms with Crippen LogP contribution in [0.2, 0.25) is 0 Å². The molecule has 0 aromatic carbocycles. The number of hydrogen-bond acceptors (Lipinski definition) is 5. The number of imide groups is 2. The van der Waals surface area contributed by atoms with E-state index in [1.165, 1.54) is 11.8 Å². The molecular weight excluding hydrogens is 312 g/mol. The number of carbonyl (C=O) groups excluding carboxylic acids is 5. The molecule has 4 amide bonds. The molecule has 1 aliphatic rings. The third-order valence-electron chi connectivity index (χ3n) is 4.19. The molecule has 1 N–H and O–H groups in total. The predicted molar refractivity (Wildman–Crippen MR) is 86.6 cm³/mol. The first-order valence-corrected chi connectivity index (χ1v) is 8.43. The molecule has 0 radical (unpaired) electrons. The second-order valence-corrected chi connectivity index (χ2v) is 6.32. The summed E-state index contributed by atoms with van der Waals surface area (Å²) in [6, 6.07) is 0. The number of Topliss-reactive ketones (excluding diaryl/α,β-unsaturated/α-hetero) is 1. The molecule has 0 bridgehead atoms. The zero-order chi connectivity index (χ0) is 18.3. The number of hydrogen-bond donors (Lipinski definition) is 1. The van der Waals surface area contributed by atoms with Crippen LogP contribution in [0.15, 0.2) is 0 Å². The Bertz CT molecular complexity index is 529. The molecule has 1 fully saturated rings. The molecule has 1 aliphatic heterocycles. The summed E-state index contributed by atoms with van der Waals surface area (Å²) in [6.07, 6.45) is 2.32. The van der Waals surface area contributed by atoms with Gasteiger partial charge in [-0.15, -0.1) is 0 Å². The number of unbranched alkanes of at least 4 members (excludes halogenated alkanes) is 1. The van der Waals surface area contributed by atoms with Crippen molar-refractivity contribution in [2.24, 2.45) is 11.8 Å². The number of nitrogens with zero attached hydrogens (tertiary/aromatic N) is 1. The van der Waals surface area contributed by atoms with Gasteiger partial charge in [0.2, 0.25) is 23.6 Å². The summed E-state index contributed by atoms with van der Waals surface area (Å²) in [6.45, 7) is 5.06. The van der Waals surface area contributed by atoms with E-state index < -0.39 is 17.7 Å². The monoisotopic (exact) mass is 338 g/mol. The van der Waals surface area contributed by atoms with E-state index in [4.69, 9.17) is 0 Å². The molecule has 0 aromatic rings. The molecule has 2 atom stereocenters. The van der Waals surface area contributed by atoms with Crippen LogP contribution >= 0.6 is 0 Å².